The van der Waals surface area contributed by atoms with Gasteiger partial charge in [0, 0.05) is 23.2 Å². The molecule has 4 rings (SSSR count). The van der Waals surface area contributed by atoms with Crippen LogP contribution in [0.5, 0.6) is 0 Å². The van der Waals surface area contributed by atoms with Crippen LogP contribution in [0.2, 0.25) is 0 Å². The number of carbonyl (C=O) groups is 1. The van der Waals surface area contributed by atoms with Crippen molar-refractivity contribution >= 4 is 5.78 Å². The van der Waals surface area contributed by atoms with Gasteiger partial charge in [0.15, 0.2) is 5.78 Å². The van der Waals surface area contributed by atoms with Crippen LogP contribution in [0.15, 0.2) is 11.6 Å². The van der Waals surface area contributed by atoms with Crippen molar-refractivity contribution < 1.29 is 19.4 Å². The Morgan fingerprint density at radius 2 is 1.88 bits per heavy atom. The van der Waals surface area contributed by atoms with E-state index in [0.717, 1.165) is 18.4 Å². The molecule has 3 fully saturated rings. The molecule has 0 aliphatic heterocycles. The van der Waals surface area contributed by atoms with Gasteiger partial charge in [0.2, 0.25) is 0 Å². The van der Waals surface area contributed by atoms with Crippen LogP contribution in [0, 0.1) is 28.6 Å². The summed E-state index contributed by atoms with van der Waals surface area (Å²) in [6.07, 6.45) is 3.88. The molecule has 4 aliphatic carbocycles. The van der Waals surface area contributed by atoms with Crippen LogP contribution in [-0.2, 0) is 4.79 Å². The normalized spacial score (nSPS) is 58.2. The Morgan fingerprint density at radius 1 is 1.20 bits per heavy atom. The molecule has 8 atom stereocenters. The van der Waals surface area contributed by atoms with Crippen molar-refractivity contribution in [1.82, 2.24) is 0 Å². The first-order chi connectivity index (χ1) is 11.5. The minimum Gasteiger partial charge on any atom is -0.390 e. The zero-order valence-corrected chi connectivity index (χ0v) is 15.8. The van der Waals surface area contributed by atoms with Gasteiger partial charge in [0.05, 0.1) is 11.7 Å². The van der Waals surface area contributed by atoms with E-state index in [1.165, 1.54) is 0 Å². The lowest BCUT2D eigenvalue weighted by atomic mass is 9.44. The number of hydrogen-bond acceptors (Lipinski definition) is 3. The molecular formula is C21H31FO3. The van der Waals surface area contributed by atoms with Crippen molar-refractivity contribution in [3.05, 3.63) is 11.6 Å². The van der Waals surface area contributed by atoms with Gasteiger partial charge in [-0.15, -0.1) is 0 Å². The fraction of sp³-hybridized carbons (Fsp3) is 0.857. The number of fused-ring (bicyclic) bond motifs is 5. The van der Waals surface area contributed by atoms with Crippen LogP contribution < -0.4 is 0 Å². The molecule has 0 aromatic carbocycles. The van der Waals surface area contributed by atoms with Crippen LogP contribution in [0.3, 0.4) is 0 Å². The average Bonchev–Trinajstić information content (AvgIpc) is 2.70. The number of allylic oxidation sites excluding steroid dienone is 1. The molecule has 4 heteroatoms. The van der Waals surface area contributed by atoms with Gasteiger partial charge in [0.25, 0.3) is 0 Å². The molecule has 2 N–H and O–H groups in total. The number of aliphatic hydroxyl groups excluding tert-OH is 1. The summed E-state index contributed by atoms with van der Waals surface area (Å²) >= 11 is 0. The SMILES string of the molecule is C[C@H]1C[C@H]2[C@@H]3CCC4=CC(=O)CC[C@]4(C)[C@@]3(F)[C@@H](O)C[C@]2(C)[C@@]1(C)O. The van der Waals surface area contributed by atoms with E-state index in [4.69, 9.17) is 0 Å². The molecule has 0 heterocycles. The molecule has 4 aliphatic rings. The smallest absolute Gasteiger partial charge is 0.155 e. The monoisotopic (exact) mass is 350 g/mol. The number of rotatable bonds is 0. The topological polar surface area (TPSA) is 57.5 Å². The number of ketones is 1. The van der Waals surface area contributed by atoms with Gasteiger partial charge in [0.1, 0.15) is 5.67 Å². The summed E-state index contributed by atoms with van der Waals surface area (Å²) in [5, 5.41) is 22.2. The standard InChI is InChI=1S/C21H31FO3/c1-12-9-16-15-6-5-13-10-14(23)7-8-18(13,2)21(15,22)17(24)11-19(16,3)20(12,4)25/h10,12,15-17,24-25H,5-9,11H2,1-4H3/t12-,15-,16-,17-,18-,19-,20-,21-/m0/s1. The molecule has 0 aromatic heterocycles. The largest absolute Gasteiger partial charge is 0.390 e. The van der Waals surface area contributed by atoms with Crippen LogP contribution in [0.4, 0.5) is 4.39 Å². The number of hydrogen-bond donors (Lipinski definition) is 2. The van der Waals surface area contributed by atoms with Crippen LogP contribution in [-0.4, -0.2) is 33.4 Å². The molecule has 3 saturated carbocycles. The maximum atomic E-state index is 16.8. The second-order valence-electron chi connectivity index (χ2n) is 9.91. The van der Waals surface area contributed by atoms with E-state index in [-0.39, 0.29) is 23.5 Å². The molecule has 3 nitrogen and oxygen atoms in total. The lowest BCUT2D eigenvalue weighted by Gasteiger charge is -2.63. The molecule has 0 aromatic rings. The van der Waals surface area contributed by atoms with Gasteiger partial charge >= 0.3 is 0 Å². The van der Waals surface area contributed by atoms with E-state index in [1.807, 2.05) is 27.7 Å². The summed E-state index contributed by atoms with van der Waals surface area (Å²) in [4.78, 5) is 11.9. The number of halogens is 1. The zero-order chi connectivity index (χ0) is 18.4. The molecule has 0 radical (unpaired) electrons. The van der Waals surface area contributed by atoms with E-state index in [9.17, 15) is 15.0 Å². The first-order valence-corrected chi connectivity index (χ1v) is 9.81. The summed E-state index contributed by atoms with van der Waals surface area (Å²) in [5.41, 5.74) is -2.93. The zero-order valence-electron chi connectivity index (χ0n) is 15.8. The highest BCUT2D eigenvalue weighted by Gasteiger charge is 2.73. The summed E-state index contributed by atoms with van der Waals surface area (Å²) in [5.74, 6) is -0.00765. The minimum atomic E-state index is -1.71. The van der Waals surface area contributed by atoms with E-state index in [0.29, 0.717) is 25.7 Å². The third kappa shape index (κ3) is 1.86. The highest BCUT2D eigenvalue weighted by Crippen LogP contribution is 2.70. The second-order valence-corrected chi connectivity index (χ2v) is 9.91. The molecule has 140 valence electrons. The maximum absolute atomic E-state index is 16.8. The fourth-order valence-electron chi connectivity index (χ4n) is 7.11. The Hall–Kier alpha value is -0.740. The van der Waals surface area contributed by atoms with Crippen LogP contribution in [0.25, 0.3) is 0 Å². The van der Waals surface area contributed by atoms with Gasteiger partial charge in [-0.05, 0) is 56.9 Å². The molecule has 0 saturated heterocycles. The highest BCUT2D eigenvalue weighted by molar-refractivity contribution is 5.91. The van der Waals surface area contributed by atoms with Crippen molar-refractivity contribution in [2.24, 2.45) is 28.6 Å². The Bertz CT molecular complexity index is 656. The maximum Gasteiger partial charge on any atom is 0.155 e. The molecule has 0 amide bonds. The highest BCUT2D eigenvalue weighted by atomic mass is 19.1. The third-order valence-corrected chi connectivity index (χ3v) is 9.16. The van der Waals surface area contributed by atoms with Gasteiger partial charge in [-0.3, -0.25) is 4.79 Å². The van der Waals surface area contributed by atoms with Crippen molar-refractivity contribution in [3.63, 3.8) is 0 Å². The lowest BCUT2D eigenvalue weighted by Crippen LogP contribution is -2.68. The average molecular weight is 350 g/mol. The van der Waals surface area contributed by atoms with Crippen molar-refractivity contribution in [2.75, 3.05) is 0 Å². The first-order valence-electron chi connectivity index (χ1n) is 9.81. The van der Waals surface area contributed by atoms with E-state index >= 15 is 4.39 Å². The van der Waals surface area contributed by atoms with E-state index < -0.39 is 28.2 Å². The Morgan fingerprint density at radius 3 is 2.56 bits per heavy atom. The van der Waals surface area contributed by atoms with Crippen LogP contribution >= 0.6 is 0 Å². The number of aliphatic hydroxyl groups is 2. The quantitative estimate of drug-likeness (QED) is 0.702. The fourth-order valence-corrected chi connectivity index (χ4v) is 7.11. The molecular weight excluding hydrogens is 319 g/mol. The summed E-state index contributed by atoms with van der Waals surface area (Å²) < 4.78 is 16.8. The second kappa shape index (κ2) is 4.95. The van der Waals surface area contributed by atoms with Crippen molar-refractivity contribution in [2.45, 2.75) is 83.6 Å². The van der Waals surface area contributed by atoms with E-state index in [1.54, 1.807) is 6.08 Å². The predicted molar refractivity (Wildman–Crippen MR) is 93.6 cm³/mol. The molecule has 0 spiro atoms. The van der Waals surface area contributed by atoms with Crippen molar-refractivity contribution in [3.8, 4) is 0 Å². The predicted octanol–water partition coefficient (Wildman–Crippen LogP) is 3.58. The molecule has 25 heavy (non-hydrogen) atoms. The van der Waals surface area contributed by atoms with Gasteiger partial charge in [-0.25, -0.2) is 4.39 Å². The molecule has 0 unspecified atom stereocenters. The molecule has 0 bridgehead atoms. The third-order valence-electron chi connectivity index (χ3n) is 9.16. The number of alkyl halides is 1. The van der Waals surface area contributed by atoms with Gasteiger partial charge in [-0.1, -0.05) is 26.3 Å². The summed E-state index contributed by atoms with van der Waals surface area (Å²) in [7, 11) is 0. The van der Waals surface area contributed by atoms with Gasteiger partial charge in [-0.2, -0.15) is 0 Å². The number of carbonyl (C=O) groups excluding carboxylic acids is 1. The Kier molecular flexibility index (Phi) is 3.50. The van der Waals surface area contributed by atoms with Gasteiger partial charge < -0.3 is 10.2 Å². The summed E-state index contributed by atoms with van der Waals surface area (Å²) in [6, 6.07) is 0. The minimum absolute atomic E-state index is 0.0712. The van der Waals surface area contributed by atoms with Crippen molar-refractivity contribution in [1.29, 1.82) is 0 Å². The van der Waals surface area contributed by atoms with E-state index in [2.05, 4.69) is 0 Å². The lowest BCUT2D eigenvalue weighted by molar-refractivity contribution is -0.227. The first kappa shape index (κ1) is 17.7. The summed E-state index contributed by atoms with van der Waals surface area (Å²) in [6.45, 7) is 7.87. The Labute approximate surface area is 149 Å². The van der Waals surface area contributed by atoms with Crippen LogP contribution in [0.1, 0.15) is 66.2 Å². The Balaban J connectivity index is 1.83.